The maximum Gasteiger partial charge on any atom is 0.192 e. The quantitative estimate of drug-likeness (QED) is 0.578. The Labute approximate surface area is 123 Å². The van der Waals surface area contributed by atoms with Gasteiger partial charge in [0.2, 0.25) is 0 Å². The first-order valence-corrected chi connectivity index (χ1v) is 7.21. The van der Waals surface area contributed by atoms with Crippen molar-refractivity contribution in [3.63, 3.8) is 0 Å². The molecule has 0 bridgehead atoms. The van der Waals surface area contributed by atoms with Gasteiger partial charge in [0.05, 0.1) is 12.7 Å². The number of para-hydroxylation sites is 1. The van der Waals surface area contributed by atoms with Gasteiger partial charge in [0.15, 0.2) is 11.0 Å². The lowest BCUT2D eigenvalue weighted by molar-refractivity contribution is 0.416. The molecule has 2 rings (SSSR count). The van der Waals surface area contributed by atoms with Gasteiger partial charge in [-0.25, -0.2) is 0 Å². The summed E-state index contributed by atoms with van der Waals surface area (Å²) in [6, 6.07) is 7.79. The van der Waals surface area contributed by atoms with Crippen molar-refractivity contribution in [3.8, 4) is 17.1 Å². The van der Waals surface area contributed by atoms with Gasteiger partial charge in [0.25, 0.3) is 0 Å². The van der Waals surface area contributed by atoms with Crippen LogP contribution >= 0.6 is 11.8 Å². The summed E-state index contributed by atoms with van der Waals surface area (Å²) in [4.78, 5) is 0. The van der Waals surface area contributed by atoms with E-state index in [9.17, 15) is 0 Å². The van der Waals surface area contributed by atoms with Crippen LogP contribution in [0.15, 0.2) is 54.7 Å². The molecule has 0 amide bonds. The molecule has 1 heterocycles. The Kier molecular flexibility index (Phi) is 5.01. The van der Waals surface area contributed by atoms with E-state index in [2.05, 4.69) is 23.4 Å². The van der Waals surface area contributed by atoms with Gasteiger partial charge in [-0.15, -0.1) is 23.4 Å². The van der Waals surface area contributed by atoms with Gasteiger partial charge in [-0.3, -0.25) is 4.57 Å². The van der Waals surface area contributed by atoms with E-state index in [1.54, 1.807) is 18.9 Å². The molecule has 0 aliphatic heterocycles. The van der Waals surface area contributed by atoms with Gasteiger partial charge in [-0.1, -0.05) is 36.0 Å². The fraction of sp³-hybridized carbons (Fsp3) is 0.200. The van der Waals surface area contributed by atoms with Gasteiger partial charge < -0.3 is 4.74 Å². The van der Waals surface area contributed by atoms with Gasteiger partial charge in [-0.2, -0.15) is 0 Å². The fourth-order valence-corrected chi connectivity index (χ4v) is 2.53. The van der Waals surface area contributed by atoms with Crippen molar-refractivity contribution in [2.75, 3.05) is 12.9 Å². The molecule has 4 nitrogen and oxygen atoms in total. The molecule has 0 saturated heterocycles. The second kappa shape index (κ2) is 6.96. The number of aromatic nitrogens is 3. The van der Waals surface area contributed by atoms with Crippen LogP contribution in [0.3, 0.4) is 0 Å². The Hall–Kier alpha value is -2.01. The zero-order valence-corrected chi connectivity index (χ0v) is 12.3. The highest BCUT2D eigenvalue weighted by molar-refractivity contribution is 7.99. The first kappa shape index (κ1) is 14.4. The molecule has 104 valence electrons. The number of rotatable bonds is 7. The van der Waals surface area contributed by atoms with Crippen molar-refractivity contribution in [3.05, 3.63) is 49.6 Å². The molecule has 1 aromatic heterocycles. The third-order valence-corrected chi connectivity index (χ3v) is 3.67. The lowest BCUT2D eigenvalue weighted by Gasteiger charge is -2.10. The summed E-state index contributed by atoms with van der Waals surface area (Å²) in [5, 5.41) is 9.40. The van der Waals surface area contributed by atoms with Gasteiger partial charge >= 0.3 is 0 Å². The van der Waals surface area contributed by atoms with Crippen LogP contribution in [0.1, 0.15) is 0 Å². The highest BCUT2D eigenvalue weighted by Gasteiger charge is 2.16. The molecule has 2 aromatic rings. The second-order valence-electron chi connectivity index (χ2n) is 4.01. The molecular weight excluding hydrogens is 270 g/mol. The minimum absolute atomic E-state index is 0.653. The molecule has 0 aliphatic rings. The predicted molar refractivity (Wildman–Crippen MR) is 83.1 cm³/mol. The molecule has 0 N–H and O–H groups in total. The molecule has 0 fully saturated rings. The van der Waals surface area contributed by atoms with Gasteiger partial charge in [0, 0.05) is 12.3 Å². The Morgan fingerprint density at radius 3 is 2.75 bits per heavy atom. The number of nitrogens with zero attached hydrogens (tertiary/aromatic N) is 3. The van der Waals surface area contributed by atoms with Crippen molar-refractivity contribution >= 4 is 11.8 Å². The van der Waals surface area contributed by atoms with Crippen LogP contribution < -0.4 is 4.74 Å². The number of allylic oxidation sites excluding steroid dienone is 1. The van der Waals surface area contributed by atoms with Crippen LogP contribution in [0, 0.1) is 0 Å². The Morgan fingerprint density at radius 1 is 1.25 bits per heavy atom. The second-order valence-corrected chi connectivity index (χ2v) is 4.99. The van der Waals surface area contributed by atoms with Gasteiger partial charge in [0.1, 0.15) is 5.75 Å². The molecule has 0 spiro atoms. The summed E-state index contributed by atoms with van der Waals surface area (Å²) in [5.74, 6) is 2.36. The zero-order valence-electron chi connectivity index (χ0n) is 11.5. The Bertz CT molecular complexity index is 607. The molecular formula is C15H17N3OS. The van der Waals surface area contributed by atoms with Crippen molar-refractivity contribution in [2.24, 2.45) is 0 Å². The predicted octanol–water partition coefficient (Wildman–Crippen LogP) is 3.42. The van der Waals surface area contributed by atoms with E-state index in [0.717, 1.165) is 28.0 Å². The van der Waals surface area contributed by atoms with E-state index < -0.39 is 0 Å². The molecule has 0 unspecified atom stereocenters. The summed E-state index contributed by atoms with van der Waals surface area (Å²) >= 11 is 1.60. The van der Waals surface area contributed by atoms with E-state index in [-0.39, 0.29) is 0 Å². The van der Waals surface area contributed by atoms with E-state index in [1.165, 1.54) is 0 Å². The SMILES string of the molecule is C=CCSc1nnc(-c2ccccc2OC)n1CC=C. The number of ether oxygens (including phenoxy) is 1. The number of methoxy groups -OCH3 is 1. The van der Waals surface area contributed by atoms with Crippen molar-refractivity contribution < 1.29 is 4.74 Å². The molecule has 0 aliphatic carbocycles. The minimum atomic E-state index is 0.653. The van der Waals surface area contributed by atoms with Gasteiger partial charge in [-0.05, 0) is 12.1 Å². The first-order chi connectivity index (χ1) is 9.81. The summed E-state index contributed by atoms with van der Waals surface area (Å²) < 4.78 is 7.42. The molecule has 0 saturated carbocycles. The van der Waals surface area contributed by atoms with Crippen LogP contribution in [-0.2, 0) is 6.54 Å². The average Bonchev–Trinajstić information content (AvgIpc) is 2.88. The molecule has 0 radical (unpaired) electrons. The first-order valence-electron chi connectivity index (χ1n) is 6.23. The van der Waals surface area contributed by atoms with Crippen LogP contribution in [0.2, 0.25) is 0 Å². The third-order valence-electron chi connectivity index (χ3n) is 2.71. The lowest BCUT2D eigenvalue weighted by atomic mass is 10.2. The number of hydrogen-bond donors (Lipinski definition) is 0. The summed E-state index contributed by atoms with van der Waals surface area (Å²) in [6.07, 6.45) is 3.68. The van der Waals surface area contributed by atoms with E-state index >= 15 is 0 Å². The van der Waals surface area contributed by atoms with E-state index in [1.807, 2.05) is 41.0 Å². The highest BCUT2D eigenvalue weighted by atomic mass is 32.2. The zero-order chi connectivity index (χ0) is 14.4. The number of benzene rings is 1. The van der Waals surface area contributed by atoms with E-state index in [0.29, 0.717) is 6.54 Å². The van der Waals surface area contributed by atoms with Crippen molar-refractivity contribution in [1.29, 1.82) is 0 Å². The monoisotopic (exact) mass is 287 g/mol. The normalized spacial score (nSPS) is 10.2. The molecule has 20 heavy (non-hydrogen) atoms. The summed E-state index contributed by atoms with van der Waals surface area (Å²) in [7, 11) is 1.65. The number of thioether (sulfide) groups is 1. The van der Waals surface area contributed by atoms with Crippen LogP contribution in [0.4, 0.5) is 0 Å². The van der Waals surface area contributed by atoms with E-state index in [4.69, 9.17) is 4.74 Å². The lowest BCUT2D eigenvalue weighted by Crippen LogP contribution is -2.01. The number of hydrogen-bond acceptors (Lipinski definition) is 4. The highest BCUT2D eigenvalue weighted by Crippen LogP contribution is 2.30. The average molecular weight is 287 g/mol. The molecule has 5 heteroatoms. The van der Waals surface area contributed by atoms with Crippen molar-refractivity contribution in [1.82, 2.24) is 14.8 Å². The summed E-state index contributed by atoms with van der Waals surface area (Å²) in [6.45, 7) is 8.18. The topological polar surface area (TPSA) is 39.9 Å². The van der Waals surface area contributed by atoms with Crippen LogP contribution in [-0.4, -0.2) is 27.6 Å². The standard InChI is InChI=1S/C15H17N3OS/c1-4-10-18-14(16-17-15(18)20-11-5-2)12-8-6-7-9-13(12)19-3/h4-9H,1-2,10-11H2,3H3. The Balaban J connectivity index is 2.47. The summed E-state index contributed by atoms with van der Waals surface area (Å²) in [5.41, 5.74) is 0.926. The fourth-order valence-electron chi connectivity index (χ4n) is 1.85. The smallest absolute Gasteiger partial charge is 0.192 e. The maximum atomic E-state index is 5.39. The maximum absolute atomic E-state index is 5.39. The van der Waals surface area contributed by atoms with Crippen LogP contribution in [0.5, 0.6) is 5.75 Å². The Morgan fingerprint density at radius 2 is 2.05 bits per heavy atom. The van der Waals surface area contributed by atoms with Crippen LogP contribution in [0.25, 0.3) is 11.4 Å². The minimum Gasteiger partial charge on any atom is -0.496 e. The third kappa shape index (κ3) is 2.93. The molecule has 1 aromatic carbocycles. The largest absolute Gasteiger partial charge is 0.496 e. The molecule has 0 atom stereocenters. The van der Waals surface area contributed by atoms with Crippen molar-refractivity contribution in [2.45, 2.75) is 11.7 Å².